The fraction of sp³-hybridized carbons (Fsp3) is 0.500. The van der Waals surface area contributed by atoms with Crippen LogP contribution in [0.4, 0.5) is 16.2 Å². The van der Waals surface area contributed by atoms with E-state index >= 15 is 0 Å². The second kappa shape index (κ2) is 7.13. The van der Waals surface area contributed by atoms with Gasteiger partial charge in [-0.15, -0.1) is 0 Å². The van der Waals surface area contributed by atoms with Crippen molar-refractivity contribution in [2.45, 2.75) is 39.2 Å². The highest BCUT2D eigenvalue weighted by Crippen LogP contribution is 2.32. The first-order valence-electron chi connectivity index (χ1n) is 8.71. The molecule has 1 aromatic rings. The van der Waals surface area contributed by atoms with Crippen LogP contribution < -0.4 is 15.1 Å². The molecular weight excluding hydrogens is 322 g/mol. The predicted octanol–water partition coefficient (Wildman–Crippen LogP) is 1.84. The molecule has 0 aliphatic carbocycles. The Kier molecular flexibility index (Phi) is 4.92. The number of anilines is 2. The lowest BCUT2D eigenvalue weighted by Gasteiger charge is -2.29. The molecule has 0 unspecified atom stereocenters. The van der Waals surface area contributed by atoms with Crippen LogP contribution in [0.15, 0.2) is 18.2 Å². The summed E-state index contributed by atoms with van der Waals surface area (Å²) < 4.78 is 5.33. The molecule has 2 aliphatic heterocycles. The van der Waals surface area contributed by atoms with Gasteiger partial charge in [-0.25, -0.2) is 4.79 Å². The van der Waals surface area contributed by atoms with Gasteiger partial charge >= 0.3 is 6.09 Å². The molecule has 134 valence electrons. The Labute approximate surface area is 146 Å². The third-order valence-corrected chi connectivity index (χ3v) is 4.61. The van der Waals surface area contributed by atoms with E-state index in [4.69, 9.17) is 4.74 Å². The van der Waals surface area contributed by atoms with E-state index in [1.54, 1.807) is 16.7 Å². The Morgan fingerprint density at radius 1 is 1.28 bits per heavy atom. The van der Waals surface area contributed by atoms with Gasteiger partial charge in [0.25, 0.3) is 0 Å². The third kappa shape index (κ3) is 3.45. The molecule has 1 fully saturated rings. The van der Waals surface area contributed by atoms with Crippen LogP contribution in [0, 0.1) is 0 Å². The van der Waals surface area contributed by atoms with Crippen LogP contribution in [0.25, 0.3) is 0 Å². The van der Waals surface area contributed by atoms with Crippen molar-refractivity contribution < 1.29 is 19.1 Å². The molecule has 0 radical (unpaired) electrons. The first kappa shape index (κ1) is 17.3. The molecule has 1 atom stereocenters. The van der Waals surface area contributed by atoms with E-state index in [-0.39, 0.29) is 17.9 Å². The SMILES string of the molecule is CCC(=O)NC[C@H]1CN(c2ccc3c(c2)CCC(=O)N3CC)C(=O)O1. The quantitative estimate of drug-likeness (QED) is 0.883. The molecule has 1 aromatic carbocycles. The van der Waals surface area contributed by atoms with Gasteiger partial charge in [0.2, 0.25) is 11.8 Å². The van der Waals surface area contributed by atoms with Gasteiger partial charge in [-0.05, 0) is 37.1 Å². The molecule has 1 N–H and O–H groups in total. The summed E-state index contributed by atoms with van der Waals surface area (Å²) in [5, 5.41) is 2.75. The van der Waals surface area contributed by atoms with Crippen LogP contribution >= 0.6 is 0 Å². The summed E-state index contributed by atoms with van der Waals surface area (Å²) in [6.07, 6.45) is 0.808. The number of cyclic esters (lactones) is 1. The van der Waals surface area contributed by atoms with Crippen LogP contribution in [0.5, 0.6) is 0 Å². The summed E-state index contributed by atoms with van der Waals surface area (Å²) in [5.41, 5.74) is 2.75. The molecule has 2 heterocycles. The summed E-state index contributed by atoms with van der Waals surface area (Å²) in [6, 6.07) is 5.69. The zero-order chi connectivity index (χ0) is 18.0. The monoisotopic (exact) mass is 345 g/mol. The molecule has 25 heavy (non-hydrogen) atoms. The predicted molar refractivity (Wildman–Crippen MR) is 93.7 cm³/mol. The Morgan fingerprint density at radius 3 is 2.80 bits per heavy atom. The van der Waals surface area contributed by atoms with Gasteiger partial charge in [0.1, 0.15) is 6.10 Å². The standard InChI is InChI=1S/C18H23N3O4/c1-3-16(22)19-10-14-11-21(18(24)25-14)13-6-7-15-12(9-13)5-8-17(23)20(15)4-2/h6-7,9,14H,3-5,8,10-11H2,1-2H3,(H,19,22)/t14-/m0/s1. The average molecular weight is 345 g/mol. The molecule has 2 aliphatic rings. The minimum atomic E-state index is -0.407. The molecule has 1 saturated heterocycles. The lowest BCUT2D eigenvalue weighted by Crippen LogP contribution is -2.35. The molecule has 7 nitrogen and oxygen atoms in total. The number of nitrogens with zero attached hydrogens (tertiary/aromatic N) is 2. The maximum Gasteiger partial charge on any atom is 0.414 e. The van der Waals surface area contributed by atoms with Gasteiger partial charge in [0.15, 0.2) is 0 Å². The second-order valence-electron chi connectivity index (χ2n) is 6.23. The summed E-state index contributed by atoms with van der Waals surface area (Å²) >= 11 is 0. The van der Waals surface area contributed by atoms with Gasteiger partial charge < -0.3 is 15.0 Å². The summed E-state index contributed by atoms with van der Waals surface area (Å²) in [5.74, 6) is 0.0719. The largest absolute Gasteiger partial charge is 0.442 e. The van der Waals surface area contributed by atoms with Crippen molar-refractivity contribution in [1.29, 1.82) is 0 Å². The maximum absolute atomic E-state index is 12.2. The van der Waals surface area contributed by atoms with Crippen molar-refractivity contribution in [3.63, 3.8) is 0 Å². The van der Waals surface area contributed by atoms with Crippen molar-refractivity contribution in [3.8, 4) is 0 Å². The van der Waals surface area contributed by atoms with Gasteiger partial charge in [0, 0.05) is 30.8 Å². The number of benzene rings is 1. The number of ether oxygens (including phenoxy) is 1. The lowest BCUT2D eigenvalue weighted by molar-refractivity contribution is -0.121. The van der Waals surface area contributed by atoms with Crippen molar-refractivity contribution in [1.82, 2.24) is 5.32 Å². The normalized spacial score (nSPS) is 19.7. The number of fused-ring (bicyclic) bond motifs is 1. The molecule has 7 heteroatoms. The summed E-state index contributed by atoms with van der Waals surface area (Å²) in [6.45, 7) is 5.08. The molecule has 0 bridgehead atoms. The molecule has 3 rings (SSSR count). The van der Waals surface area contributed by atoms with Crippen LogP contribution in [0.1, 0.15) is 32.3 Å². The fourth-order valence-corrected chi connectivity index (χ4v) is 3.25. The second-order valence-corrected chi connectivity index (χ2v) is 6.23. The van der Waals surface area contributed by atoms with Gasteiger partial charge in [-0.1, -0.05) is 6.92 Å². The zero-order valence-corrected chi connectivity index (χ0v) is 14.6. The first-order valence-corrected chi connectivity index (χ1v) is 8.71. The van der Waals surface area contributed by atoms with Crippen molar-refractivity contribution in [2.24, 2.45) is 0 Å². The van der Waals surface area contributed by atoms with Gasteiger partial charge in [-0.2, -0.15) is 0 Å². The number of amides is 3. The highest BCUT2D eigenvalue weighted by atomic mass is 16.6. The van der Waals surface area contributed by atoms with E-state index in [0.29, 0.717) is 38.9 Å². The van der Waals surface area contributed by atoms with Gasteiger partial charge in [-0.3, -0.25) is 14.5 Å². The molecule has 3 amide bonds. The number of aryl methyl sites for hydroxylation is 1. The van der Waals surface area contributed by atoms with Crippen LogP contribution in [0.2, 0.25) is 0 Å². The third-order valence-electron chi connectivity index (χ3n) is 4.61. The van der Waals surface area contributed by atoms with Crippen LogP contribution in [-0.2, 0) is 20.7 Å². The van der Waals surface area contributed by atoms with Gasteiger partial charge in [0.05, 0.1) is 13.1 Å². The smallest absolute Gasteiger partial charge is 0.414 e. The molecule has 0 saturated carbocycles. The van der Waals surface area contributed by atoms with Crippen molar-refractivity contribution in [2.75, 3.05) is 29.4 Å². The number of rotatable bonds is 5. The minimum absolute atomic E-state index is 0.0624. The maximum atomic E-state index is 12.2. The van der Waals surface area contributed by atoms with Crippen molar-refractivity contribution in [3.05, 3.63) is 23.8 Å². The van der Waals surface area contributed by atoms with Crippen LogP contribution in [-0.4, -0.2) is 43.6 Å². The number of hydrogen-bond donors (Lipinski definition) is 1. The first-order chi connectivity index (χ1) is 12.0. The lowest BCUT2D eigenvalue weighted by atomic mass is 10.00. The highest BCUT2D eigenvalue weighted by molar-refractivity contribution is 5.97. The van der Waals surface area contributed by atoms with E-state index in [2.05, 4.69) is 5.32 Å². The Balaban J connectivity index is 1.73. The van der Waals surface area contributed by atoms with E-state index in [1.165, 1.54) is 0 Å². The average Bonchev–Trinajstić information content (AvgIpc) is 3.00. The highest BCUT2D eigenvalue weighted by Gasteiger charge is 2.33. The summed E-state index contributed by atoms with van der Waals surface area (Å²) in [7, 11) is 0. The van der Waals surface area contributed by atoms with E-state index in [1.807, 2.05) is 25.1 Å². The van der Waals surface area contributed by atoms with E-state index in [9.17, 15) is 14.4 Å². The number of nitrogens with one attached hydrogen (secondary N) is 1. The molecular formula is C18H23N3O4. The van der Waals surface area contributed by atoms with E-state index < -0.39 is 6.09 Å². The Morgan fingerprint density at radius 2 is 2.08 bits per heavy atom. The fourth-order valence-electron chi connectivity index (χ4n) is 3.25. The van der Waals surface area contributed by atoms with Crippen molar-refractivity contribution >= 4 is 29.3 Å². The Bertz CT molecular complexity index is 704. The number of hydrogen-bond acceptors (Lipinski definition) is 4. The molecule has 0 spiro atoms. The van der Waals surface area contributed by atoms with Crippen LogP contribution in [0.3, 0.4) is 0 Å². The minimum Gasteiger partial charge on any atom is -0.442 e. The topological polar surface area (TPSA) is 79.0 Å². The number of carbonyl (C=O) groups excluding carboxylic acids is 3. The summed E-state index contributed by atoms with van der Waals surface area (Å²) in [4.78, 5) is 38.9. The number of carbonyl (C=O) groups is 3. The zero-order valence-electron chi connectivity index (χ0n) is 14.6. The van der Waals surface area contributed by atoms with E-state index in [0.717, 1.165) is 16.9 Å². The Hall–Kier alpha value is -2.57. The molecule has 0 aromatic heterocycles.